The van der Waals surface area contributed by atoms with Gasteiger partial charge < -0.3 is 25.8 Å². The Labute approximate surface area is 157 Å². The van der Waals surface area contributed by atoms with Crippen LogP contribution in [-0.4, -0.2) is 77.0 Å². The van der Waals surface area contributed by atoms with Crippen LogP contribution in [0.1, 0.15) is 10.5 Å². The Morgan fingerprint density at radius 1 is 1.15 bits per heavy atom. The minimum absolute atomic E-state index is 0.0199. The van der Waals surface area contributed by atoms with Crippen molar-refractivity contribution in [2.24, 2.45) is 0 Å². The van der Waals surface area contributed by atoms with Crippen molar-refractivity contribution in [3.8, 4) is 0 Å². The highest BCUT2D eigenvalue weighted by atomic mass is 16.2. The molecule has 0 radical (unpaired) electrons. The van der Waals surface area contributed by atoms with Crippen molar-refractivity contribution >= 4 is 29.4 Å². The molecule has 0 aromatic carbocycles. The van der Waals surface area contributed by atoms with Gasteiger partial charge in [0.1, 0.15) is 11.6 Å². The van der Waals surface area contributed by atoms with Gasteiger partial charge in [0.05, 0.1) is 6.20 Å². The van der Waals surface area contributed by atoms with Crippen LogP contribution in [0.2, 0.25) is 0 Å². The van der Waals surface area contributed by atoms with Crippen LogP contribution in [0.4, 0.5) is 22.2 Å². The van der Waals surface area contributed by atoms with Gasteiger partial charge in [-0.3, -0.25) is 4.79 Å². The molecular weight excluding hydrogens is 348 g/mol. The van der Waals surface area contributed by atoms with Gasteiger partial charge in [0.2, 0.25) is 0 Å². The number of hydrogen-bond donors (Lipinski definition) is 2. The standard InChI is InChI=1S/C17H22N8O2/c1-23(2)17(27)25-9-7-24(8-10-25)13-11-20-15(18)14(22-13)16(26)21-12-5-3-4-6-19-12/h3-6,11H,7-10H2,1-2H3,(H2,18,20)(H,19,21,26). The van der Waals surface area contributed by atoms with Gasteiger partial charge in [-0.15, -0.1) is 0 Å². The number of urea groups is 1. The summed E-state index contributed by atoms with van der Waals surface area (Å²) in [5.74, 6) is 0.535. The third-order valence-electron chi connectivity index (χ3n) is 4.17. The molecule has 2 aromatic rings. The van der Waals surface area contributed by atoms with Crippen molar-refractivity contribution in [3.63, 3.8) is 0 Å². The van der Waals surface area contributed by atoms with E-state index in [9.17, 15) is 9.59 Å². The van der Waals surface area contributed by atoms with Crippen molar-refractivity contribution < 1.29 is 9.59 Å². The largest absolute Gasteiger partial charge is 0.382 e. The lowest BCUT2D eigenvalue weighted by Crippen LogP contribution is -2.51. The van der Waals surface area contributed by atoms with Crippen LogP contribution in [0.5, 0.6) is 0 Å². The first kappa shape index (κ1) is 18.4. The number of nitrogen functional groups attached to an aromatic ring is 1. The topological polar surface area (TPSA) is 121 Å². The van der Waals surface area contributed by atoms with Gasteiger partial charge in [-0.05, 0) is 12.1 Å². The molecule has 0 aliphatic carbocycles. The smallest absolute Gasteiger partial charge is 0.319 e. The monoisotopic (exact) mass is 370 g/mol. The zero-order valence-corrected chi connectivity index (χ0v) is 15.3. The van der Waals surface area contributed by atoms with E-state index in [1.165, 1.54) is 6.20 Å². The van der Waals surface area contributed by atoms with Gasteiger partial charge in [0.25, 0.3) is 5.91 Å². The minimum Gasteiger partial charge on any atom is -0.382 e. The summed E-state index contributed by atoms with van der Waals surface area (Å²) in [6.45, 7) is 2.33. The highest BCUT2D eigenvalue weighted by Gasteiger charge is 2.24. The van der Waals surface area contributed by atoms with Crippen LogP contribution in [0.3, 0.4) is 0 Å². The molecule has 0 spiro atoms. The number of nitrogens with zero attached hydrogens (tertiary/aromatic N) is 6. The molecule has 1 fully saturated rings. The first-order chi connectivity index (χ1) is 13.0. The number of carbonyl (C=O) groups is 2. The lowest BCUT2D eigenvalue weighted by atomic mass is 10.3. The van der Waals surface area contributed by atoms with E-state index < -0.39 is 5.91 Å². The Balaban J connectivity index is 1.70. The van der Waals surface area contributed by atoms with Crippen molar-refractivity contribution in [2.75, 3.05) is 56.2 Å². The number of carbonyl (C=O) groups excluding carboxylic acids is 2. The van der Waals surface area contributed by atoms with Crippen LogP contribution < -0.4 is 16.0 Å². The van der Waals surface area contributed by atoms with Crippen molar-refractivity contribution in [2.45, 2.75) is 0 Å². The first-order valence-corrected chi connectivity index (χ1v) is 8.52. The van der Waals surface area contributed by atoms with Crippen LogP contribution in [0.25, 0.3) is 0 Å². The third kappa shape index (κ3) is 4.22. The molecule has 3 rings (SSSR count). The number of nitrogens with one attached hydrogen (secondary N) is 1. The third-order valence-corrected chi connectivity index (χ3v) is 4.17. The SMILES string of the molecule is CN(C)C(=O)N1CCN(c2cnc(N)c(C(=O)Nc3ccccn3)n2)CC1. The number of anilines is 3. The predicted molar refractivity (Wildman–Crippen MR) is 102 cm³/mol. The molecule has 142 valence electrons. The summed E-state index contributed by atoms with van der Waals surface area (Å²) < 4.78 is 0. The van der Waals surface area contributed by atoms with Gasteiger partial charge in [0, 0.05) is 46.5 Å². The molecule has 2 aromatic heterocycles. The Bertz CT molecular complexity index is 819. The quantitative estimate of drug-likeness (QED) is 0.807. The molecule has 0 saturated carbocycles. The summed E-state index contributed by atoms with van der Waals surface area (Å²) in [5.41, 5.74) is 5.88. The van der Waals surface area contributed by atoms with Gasteiger partial charge in [0.15, 0.2) is 11.5 Å². The predicted octanol–water partition coefficient (Wildman–Crippen LogP) is 0.510. The lowest BCUT2D eigenvalue weighted by Gasteiger charge is -2.36. The Morgan fingerprint density at radius 3 is 2.52 bits per heavy atom. The Kier molecular flexibility index (Phi) is 5.34. The molecule has 3 amide bonds. The van der Waals surface area contributed by atoms with E-state index in [4.69, 9.17) is 5.73 Å². The van der Waals surface area contributed by atoms with Gasteiger partial charge >= 0.3 is 6.03 Å². The summed E-state index contributed by atoms with van der Waals surface area (Å²) in [4.78, 5) is 42.3. The van der Waals surface area contributed by atoms with E-state index >= 15 is 0 Å². The molecule has 27 heavy (non-hydrogen) atoms. The van der Waals surface area contributed by atoms with Crippen molar-refractivity contribution in [1.29, 1.82) is 0 Å². The maximum absolute atomic E-state index is 12.5. The van der Waals surface area contributed by atoms with E-state index in [0.717, 1.165) is 0 Å². The minimum atomic E-state index is -0.470. The van der Waals surface area contributed by atoms with E-state index in [0.29, 0.717) is 37.8 Å². The molecule has 3 heterocycles. The van der Waals surface area contributed by atoms with E-state index in [-0.39, 0.29) is 17.5 Å². The summed E-state index contributed by atoms with van der Waals surface area (Å²) in [6, 6.07) is 5.17. The molecule has 10 nitrogen and oxygen atoms in total. The number of amides is 3. The molecular formula is C17H22N8O2. The summed E-state index contributed by atoms with van der Waals surface area (Å²) in [6.07, 6.45) is 3.12. The summed E-state index contributed by atoms with van der Waals surface area (Å²) in [5, 5.41) is 2.65. The Hall–Kier alpha value is -3.43. The summed E-state index contributed by atoms with van der Waals surface area (Å²) in [7, 11) is 3.46. The molecule has 0 atom stereocenters. The van der Waals surface area contributed by atoms with E-state index in [1.807, 2.05) is 4.90 Å². The highest BCUT2D eigenvalue weighted by molar-refractivity contribution is 6.05. The molecule has 1 aliphatic rings. The lowest BCUT2D eigenvalue weighted by molar-refractivity contribution is 0.102. The van der Waals surface area contributed by atoms with Crippen molar-refractivity contribution in [1.82, 2.24) is 24.8 Å². The molecule has 10 heteroatoms. The zero-order chi connectivity index (χ0) is 19.4. The first-order valence-electron chi connectivity index (χ1n) is 8.52. The second-order valence-electron chi connectivity index (χ2n) is 6.28. The van der Waals surface area contributed by atoms with Gasteiger partial charge in [-0.1, -0.05) is 6.07 Å². The fourth-order valence-corrected chi connectivity index (χ4v) is 2.73. The number of rotatable bonds is 3. The number of hydrogen-bond acceptors (Lipinski definition) is 7. The van der Waals surface area contributed by atoms with Crippen LogP contribution >= 0.6 is 0 Å². The molecule has 1 aliphatic heterocycles. The second kappa shape index (κ2) is 7.85. The number of nitrogens with two attached hydrogens (primary N) is 1. The molecule has 0 bridgehead atoms. The second-order valence-corrected chi connectivity index (χ2v) is 6.28. The molecule has 0 unspecified atom stereocenters. The highest BCUT2D eigenvalue weighted by Crippen LogP contribution is 2.17. The number of pyridine rings is 1. The number of aromatic nitrogens is 3. The zero-order valence-electron chi connectivity index (χ0n) is 15.3. The average Bonchev–Trinajstić information content (AvgIpc) is 2.68. The van der Waals surface area contributed by atoms with Gasteiger partial charge in [-0.2, -0.15) is 0 Å². The summed E-state index contributed by atoms with van der Waals surface area (Å²) >= 11 is 0. The van der Waals surface area contributed by atoms with E-state index in [1.54, 1.807) is 48.3 Å². The van der Waals surface area contributed by atoms with Gasteiger partial charge in [-0.25, -0.2) is 19.7 Å². The van der Waals surface area contributed by atoms with Crippen LogP contribution in [0, 0.1) is 0 Å². The fourth-order valence-electron chi connectivity index (χ4n) is 2.73. The average molecular weight is 370 g/mol. The Morgan fingerprint density at radius 2 is 1.89 bits per heavy atom. The fraction of sp³-hybridized carbons (Fsp3) is 0.353. The van der Waals surface area contributed by atoms with Crippen LogP contribution in [0.15, 0.2) is 30.6 Å². The molecule has 1 saturated heterocycles. The maximum Gasteiger partial charge on any atom is 0.319 e. The normalized spacial score (nSPS) is 14.0. The maximum atomic E-state index is 12.5. The van der Waals surface area contributed by atoms with Crippen LogP contribution in [-0.2, 0) is 0 Å². The van der Waals surface area contributed by atoms with E-state index in [2.05, 4.69) is 20.3 Å². The molecule has 3 N–H and O–H groups in total. The van der Waals surface area contributed by atoms with Crippen molar-refractivity contribution in [3.05, 3.63) is 36.3 Å². The number of piperazine rings is 1.